The fourth-order valence-electron chi connectivity index (χ4n) is 3.90. The Morgan fingerprint density at radius 2 is 1.70 bits per heavy atom. The maximum Gasteiger partial charge on any atom is 0.00989 e. The Morgan fingerprint density at radius 3 is 2.35 bits per heavy atom. The van der Waals surface area contributed by atoms with Gasteiger partial charge in [-0.2, -0.15) is 0 Å². The quantitative estimate of drug-likeness (QED) is 0.580. The summed E-state index contributed by atoms with van der Waals surface area (Å²) in [5, 5.41) is 0. The van der Waals surface area contributed by atoms with Crippen molar-refractivity contribution in [3.8, 4) is 0 Å². The summed E-state index contributed by atoms with van der Waals surface area (Å²) in [6.07, 6.45) is 9.25. The molecule has 2 fully saturated rings. The van der Waals surface area contributed by atoms with Crippen LogP contribution >= 0.6 is 0 Å². The maximum absolute atomic E-state index is 2.39. The highest BCUT2D eigenvalue weighted by Crippen LogP contribution is 2.45. The molecule has 0 aromatic heterocycles. The molecule has 2 aliphatic rings. The Labute approximate surface area is 140 Å². The first-order valence-electron chi connectivity index (χ1n) is 9.36. The van der Waals surface area contributed by atoms with Crippen LogP contribution in [0, 0.1) is 11.8 Å². The van der Waals surface area contributed by atoms with Crippen LogP contribution in [0.1, 0.15) is 67.2 Å². The lowest BCUT2D eigenvalue weighted by molar-refractivity contribution is 0.720. The lowest BCUT2D eigenvalue weighted by Crippen LogP contribution is -2.10. The van der Waals surface area contributed by atoms with Gasteiger partial charge in [-0.15, -0.1) is 0 Å². The normalized spacial score (nSPS) is 17.7. The van der Waals surface area contributed by atoms with Gasteiger partial charge in [0.05, 0.1) is 0 Å². The van der Waals surface area contributed by atoms with Crippen LogP contribution in [0.5, 0.6) is 0 Å². The van der Waals surface area contributed by atoms with Gasteiger partial charge in [-0.1, -0.05) is 68.3 Å². The first-order valence-corrected chi connectivity index (χ1v) is 9.36. The predicted molar refractivity (Wildman–Crippen MR) is 97.6 cm³/mol. The molecule has 2 aromatic rings. The fourth-order valence-corrected chi connectivity index (χ4v) is 3.90. The van der Waals surface area contributed by atoms with E-state index in [1.54, 1.807) is 22.6 Å². The van der Waals surface area contributed by atoms with Crippen molar-refractivity contribution < 1.29 is 0 Å². The Hall–Kier alpha value is -1.56. The van der Waals surface area contributed by atoms with E-state index in [0.29, 0.717) is 0 Å². The molecule has 0 saturated heterocycles. The standard InChI is InChI=1S/C23H27/c1-2-21-22(19-13-14-19)9-6-10-23(21)20(16-18-11-12-18)15-17-7-4-3-5-8-17/h3-10,18-19H,2,11-16H2,1H3. The molecule has 119 valence electrons. The molecule has 0 bridgehead atoms. The Bertz CT molecular complexity index is 647. The van der Waals surface area contributed by atoms with Crippen LogP contribution in [0.4, 0.5) is 0 Å². The average Bonchev–Trinajstić information content (AvgIpc) is 3.48. The molecule has 0 heteroatoms. The van der Waals surface area contributed by atoms with E-state index >= 15 is 0 Å². The second-order valence-corrected chi connectivity index (χ2v) is 7.41. The summed E-state index contributed by atoms with van der Waals surface area (Å²) >= 11 is 0. The Balaban J connectivity index is 1.66. The third-order valence-electron chi connectivity index (χ3n) is 5.46. The smallest absolute Gasteiger partial charge is 0.00989 e. The molecule has 2 saturated carbocycles. The van der Waals surface area contributed by atoms with Crippen LogP contribution in [-0.2, 0) is 12.8 Å². The maximum atomic E-state index is 2.39. The highest BCUT2D eigenvalue weighted by molar-refractivity contribution is 5.47. The third kappa shape index (κ3) is 3.52. The van der Waals surface area contributed by atoms with E-state index in [-0.39, 0.29) is 0 Å². The van der Waals surface area contributed by atoms with Gasteiger partial charge < -0.3 is 0 Å². The van der Waals surface area contributed by atoms with E-state index in [4.69, 9.17) is 0 Å². The molecule has 0 aliphatic heterocycles. The summed E-state index contributed by atoms with van der Waals surface area (Å²) in [5.41, 5.74) is 6.32. The molecule has 0 unspecified atom stereocenters. The summed E-state index contributed by atoms with van der Waals surface area (Å²) in [5.74, 6) is 3.48. The van der Waals surface area contributed by atoms with E-state index in [0.717, 1.165) is 18.3 Å². The molecular formula is C23H27. The molecule has 0 heterocycles. The zero-order valence-corrected chi connectivity index (χ0v) is 14.2. The summed E-state index contributed by atoms with van der Waals surface area (Å²) in [7, 11) is 0. The van der Waals surface area contributed by atoms with E-state index in [2.05, 4.69) is 55.5 Å². The van der Waals surface area contributed by atoms with Crippen molar-refractivity contribution in [2.24, 2.45) is 5.92 Å². The highest BCUT2D eigenvalue weighted by Gasteiger charge is 2.31. The van der Waals surface area contributed by atoms with Crippen molar-refractivity contribution in [1.82, 2.24) is 0 Å². The van der Waals surface area contributed by atoms with Crippen LogP contribution in [-0.4, -0.2) is 0 Å². The van der Waals surface area contributed by atoms with Crippen LogP contribution in [0.3, 0.4) is 0 Å². The first-order chi connectivity index (χ1) is 11.3. The Kier molecular flexibility index (Phi) is 4.25. The molecule has 0 atom stereocenters. The van der Waals surface area contributed by atoms with Crippen molar-refractivity contribution >= 4 is 0 Å². The molecule has 0 nitrogen and oxygen atoms in total. The molecule has 0 amide bonds. The second kappa shape index (κ2) is 6.51. The summed E-state index contributed by atoms with van der Waals surface area (Å²) in [6, 6.07) is 18.1. The van der Waals surface area contributed by atoms with E-state index in [9.17, 15) is 0 Å². The number of rotatable bonds is 7. The zero-order valence-electron chi connectivity index (χ0n) is 14.2. The van der Waals surface area contributed by atoms with Crippen molar-refractivity contribution in [3.05, 3.63) is 76.7 Å². The van der Waals surface area contributed by atoms with E-state index < -0.39 is 0 Å². The number of benzene rings is 2. The second-order valence-electron chi connectivity index (χ2n) is 7.41. The molecule has 2 aliphatic carbocycles. The molecule has 1 radical (unpaired) electrons. The first kappa shape index (κ1) is 15.0. The average molecular weight is 303 g/mol. The van der Waals surface area contributed by atoms with Gasteiger partial charge >= 0.3 is 0 Å². The molecule has 4 rings (SSSR count). The van der Waals surface area contributed by atoms with Crippen molar-refractivity contribution in [3.63, 3.8) is 0 Å². The summed E-state index contributed by atoms with van der Waals surface area (Å²) in [6.45, 7) is 2.34. The van der Waals surface area contributed by atoms with Crippen molar-refractivity contribution in [2.45, 2.75) is 57.8 Å². The molecule has 0 N–H and O–H groups in total. The predicted octanol–water partition coefficient (Wildman–Crippen LogP) is 6.09. The van der Waals surface area contributed by atoms with Gasteiger partial charge in [0.15, 0.2) is 0 Å². The van der Waals surface area contributed by atoms with Crippen LogP contribution < -0.4 is 0 Å². The summed E-state index contributed by atoms with van der Waals surface area (Å²) < 4.78 is 0. The largest absolute Gasteiger partial charge is 0.0622 e. The minimum Gasteiger partial charge on any atom is -0.0622 e. The van der Waals surface area contributed by atoms with Gasteiger partial charge in [-0.25, -0.2) is 0 Å². The molecular weight excluding hydrogens is 276 g/mol. The minimum absolute atomic E-state index is 0.851. The lowest BCUT2D eigenvalue weighted by atomic mass is 9.82. The van der Waals surface area contributed by atoms with Crippen molar-refractivity contribution in [2.75, 3.05) is 0 Å². The number of hydrogen-bond acceptors (Lipinski definition) is 0. The monoisotopic (exact) mass is 303 g/mol. The zero-order chi connectivity index (χ0) is 15.6. The SMILES string of the molecule is CCc1c([C](Cc2ccccc2)CC2CC2)cccc1C1CC1. The van der Waals surface area contributed by atoms with Crippen LogP contribution in [0.25, 0.3) is 0 Å². The topological polar surface area (TPSA) is 0 Å². The Morgan fingerprint density at radius 1 is 0.913 bits per heavy atom. The van der Waals surface area contributed by atoms with Gasteiger partial charge in [0.1, 0.15) is 0 Å². The highest BCUT2D eigenvalue weighted by atomic mass is 14.4. The minimum atomic E-state index is 0.851. The molecule has 23 heavy (non-hydrogen) atoms. The van der Waals surface area contributed by atoms with Gasteiger partial charge in [0.2, 0.25) is 0 Å². The van der Waals surface area contributed by atoms with Crippen molar-refractivity contribution in [1.29, 1.82) is 0 Å². The fraction of sp³-hybridized carbons (Fsp3) is 0.435. The van der Waals surface area contributed by atoms with Gasteiger partial charge in [-0.3, -0.25) is 0 Å². The van der Waals surface area contributed by atoms with Gasteiger partial charge in [0, 0.05) is 5.92 Å². The van der Waals surface area contributed by atoms with E-state index in [1.165, 1.54) is 44.1 Å². The van der Waals surface area contributed by atoms with Gasteiger partial charge in [-0.05, 0) is 66.2 Å². The van der Waals surface area contributed by atoms with Gasteiger partial charge in [0.25, 0.3) is 0 Å². The summed E-state index contributed by atoms with van der Waals surface area (Å²) in [4.78, 5) is 0. The third-order valence-corrected chi connectivity index (χ3v) is 5.46. The van der Waals surface area contributed by atoms with E-state index in [1.807, 2.05) is 0 Å². The lowest BCUT2D eigenvalue weighted by Gasteiger charge is -2.22. The molecule has 2 aromatic carbocycles. The van der Waals surface area contributed by atoms with Crippen LogP contribution in [0.15, 0.2) is 48.5 Å². The van der Waals surface area contributed by atoms with Crippen LogP contribution in [0.2, 0.25) is 0 Å². The number of hydrogen-bond donors (Lipinski definition) is 0. The molecule has 0 spiro atoms.